The maximum absolute atomic E-state index is 11.3. The Morgan fingerprint density at radius 1 is 1.05 bits per heavy atom. The summed E-state index contributed by atoms with van der Waals surface area (Å²) in [4.78, 5) is 18.4. The second-order valence-corrected chi connectivity index (χ2v) is 6.36. The van der Waals surface area contributed by atoms with Gasteiger partial charge < -0.3 is 19.4 Å². The first-order valence-electron chi connectivity index (χ1n) is 8.01. The van der Waals surface area contributed by atoms with E-state index in [9.17, 15) is 4.79 Å². The van der Waals surface area contributed by atoms with E-state index >= 15 is 0 Å². The summed E-state index contributed by atoms with van der Waals surface area (Å²) in [5.74, 6) is 0.333. The minimum Gasteiger partial charge on any atom is -0.469 e. The number of likely N-dealkylation sites (N-methyl/N-ethyl adjacent to an activating group) is 1. The van der Waals surface area contributed by atoms with Crippen LogP contribution in [-0.2, 0) is 9.53 Å². The number of piperazine rings is 1. The van der Waals surface area contributed by atoms with Gasteiger partial charge in [0.25, 0.3) is 0 Å². The van der Waals surface area contributed by atoms with E-state index in [4.69, 9.17) is 4.74 Å². The molecule has 5 nitrogen and oxygen atoms in total. The molecule has 0 amide bonds. The van der Waals surface area contributed by atoms with Crippen LogP contribution < -0.4 is 9.80 Å². The van der Waals surface area contributed by atoms with Crippen molar-refractivity contribution in [2.24, 2.45) is 5.92 Å². The normalized spacial score (nSPS) is 19.9. The van der Waals surface area contributed by atoms with Gasteiger partial charge in [-0.15, -0.1) is 0 Å². The maximum Gasteiger partial charge on any atom is 0.305 e. The molecule has 2 saturated heterocycles. The number of esters is 1. The number of rotatable bonds is 4. The van der Waals surface area contributed by atoms with Crippen molar-refractivity contribution in [1.82, 2.24) is 4.90 Å². The Morgan fingerprint density at radius 2 is 1.59 bits per heavy atom. The fourth-order valence-corrected chi connectivity index (χ4v) is 3.17. The van der Waals surface area contributed by atoms with E-state index in [0.29, 0.717) is 12.3 Å². The molecule has 2 aliphatic heterocycles. The Balaban J connectivity index is 1.51. The second-order valence-electron chi connectivity index (χ2n) is 6.36. The summed E-state index contributed by atoms with van der Waals surface area (Å²) in [6.45, 7) is 6.35. The van der Waals surface area contributed by atoms with E-state index in [1.165, 1.54) is 18.5 Å². The lowest BCUT2D eigenvalue weighted by Gasteiger charge is -2.41. The number of benzene rings is 1. The van der Waals surface area contributed by atoms with Gasteiger partial charge in [0.05, 0.1) is 13.5 Å². The van der Waals surface area contributed by atoms with Crippen LogP contribution in [0.5, 0.6) is 0 Å². The smallest absolute Gasteiger partial charge is 0.305 e. The number of nitrogens with zero attached hydrogens (tertiary/aromatic N) is 3. The van der Waals surface area contributed by atoms with Gasteiger partial charge in [-0.2, -0.15) is 0 Å². The molecular weight excluding hydrogens is 278 g/mol. The van der Waals surface area contributed by atoms with Crippen molar-refractivity contribution in [1.29, 1.82) is 0 Å². The van der Waals surface area contributed by atoms with Crippen LogP contribution in [0, 0.1) is 5.92 Å². The molecule has 0 aromatic heterocycles. The van der Waals surface area contributed by atoms with Crippen LogP contribution >= 0.6 is 0 Å². The zero-order chi connectivity index (χ0) is 15.5. The fraction of sp³-hybridized carbons (Fsp3) is 0.588. The Hall–Kier alpha value is -1.75. The van der Waals surface area contributed by atoms with Crippen molar-refractivity contribution in [2.75, 3.05) is 63.2 Å². The van der Waals surface area contributed by atoms with Gasteiger partial charge in [0, 0.05) is 56.6 Å². The molecule has 0 saturated carbocycles. The molecule has 0 atom stereocenters. The summed E-state index contributed by atoms with van der Waals surface area (Å²) in [5.41, 5.74) is 2.56. The van der Waals surface area contributed by atoms with Gasteiger partial charge in [0.1, 0.15) is 0 Å². The quantitative estimate of drug-likeness (QED) is 0.787. The number of methoxy groups -OCH3 is 1. The van der Waals surface area contributed by atoms with Gasteiger partial charge in [-0.05, 0) is 31.3 Å². The molecule has 3 rings (SSSR count). The topological polar surface area (TPSA) is 36.0 Å². The number of anilines is 2. The molecule has 0 aliphatic carbocycles. The number of carbonyl (C=O) groups excluding carboxylic acids is 1. The highest BCUT2D eigenvalue weighted by Crippen LogP contribution is 2.28. The molecule has 22 heavy (non-hydrogen) atoms. The van der Waals surface area contributed by atoms with Crippen LogP contribution in [0.1, 0.15) is 6.42 Å². The first kappa shape index (κ1) is 15.2. The number of ether oxygens (including phenoxy) is 1. The minimum absolute atomic E-state index is 0.102. The van der Waals surface area contributed by atoms with E-state index in [-0.39, 0.29) is 5.97 Å². The average molecular weight is 303 g/mol. The molecule has 0 unspecified atom stereocenters. The molecule has 5 heteroatoms. The molecule has 0 radical (unpaired) electrons. The lowest BCUT2D eigenvalue weighted by atomic mass is 9.95. The van der Waals surface area contributed by atoms with E-state index < -0.39 is 0 Å². The van der Waals surface area contributed by atoms with Crippen LogP contribution in [0.25, 0.3) is 0 Å². The summed E-state index contributed by atoms with van der Waals surface area (Å²) >= 11 is 0. The van der Waals surface area contributed by atoms with Crippen molar-refractivity contribution in [3.05, 3.63) is 24.3 Å². The fourth-order valence-electron chi connectivity index (χ4n) is 3.17. The predicted octanol–water partition coefficient (Wildman–Crippen LogP) is 1.44. The SMILES string of the molecule is COC(=O)CC1CN(c2ccc(N3CCN(C)CC3)cc2)C1. The molecule has 1 aromatic carbocycles. The van der Waals surface area contributed by atoms with Crippen LogP contribution in [-0.4, -0.2) is 64.3 Å². The van der Waals surface area contributed by atoms with Gasteiger partial charge in [-0.3, -0.25) is 4.79 Å². The lowest BCUT2D eigenvalue weighted by Crippen LogP contribution is -2.47. The molecule has 0 bridgehead atoms. The van der Waals surface area contributed by atoms with Gasteiger partial charge >= 0.3 is 5.97 Å². The van der Waals surface area contributed by atoms with Crippen LogP contribution in [0.15, 0.2) is 24.3 Å². The van der Waals surface area contributed by atoms with Crippen LogP contribution in [0.3, 0.4) is 0 Å². The molecule has 0 N–H and O–H groups in total. The Kier molecular flexibility index (Phi) is 4.52. The summed E-state index contributed by atoms with van der Waals surface area (Å²) < 4.78 is 4.72. The summed E-state index contributed by atoms with van der Waals surface area (Å²) in [6.07, 6.45) is 0.534. The van der Waals surface area contributed by atoms with E-state index in [0.717, 1.165) is 39.3 Å². The van der Waals surface area contributed by atoms with Gasteiger partial charge in [0.2, 0.25) is 0 Å². The third-order valence-corrected chi connectivity index (χ3v) is 4.72. The molecule has 2 heterocycles. The molecule has 2 fully saturated rings. The Bertz CT molecular complexity index is 503. The molecule has 0 spiro atoms. The second kappa shape index (κ2) is 6.57. The van der Waals surface area contributed by atoms with Crippen LogP contribution in [0.2, 0.25) is 0 Å². The molecule has 1 aromatic rings. The van der Waals surface area contributed by atoms with Crippen molar-refractivity contribution in [2.45, 2.75) is 6.42 Å². The first-order valence-corrected chi connectivity index (χ1v) is 8.01. The van der Waals surface area contributed by atoms with Crippen molar-refractivity contribution >= 4 is 17.3 Å². The highest BCUT2D eigenvalue weighted by molar-refractivity contribution is 5.70. The number of hydrogen-bond acceptors (Lipinski definition) is 5. The third-order valence-electron chi connectivity index (χ3n) is 4.72. The Morgan fingerprint density at radius 3 is 2.14 bits per heavy atom. The zero-order valence-corrected chi connectivity index (χ0v) is 13.5. The number of hydrogen-bond donors (Lipinski definition) is 0. The predicted molar refractivity (Wildman–Crippen MR) is 88.5 cm³/mol. The van der Waals surface area contributed by atoms with E-state index in [2.05, 4.69) is 46.0 Å². The molecule has 120 valence electrons. The minimum atomic E-state index is -0.102. The summed E-state index contributed by atoms with van der Waals surface area (Å²) in [6, 6.07) is 8.83. The van der Waals surface area contributed by atoms with Crippen LogP contribution in [0.4, 0.5) is 11.4 Å². The van der Waals surface area contributed by atoms with Gasteiger partial charge in [-0.25, -0.2) is 0 Å². The third kappa shape index (κ3) is 3.35. The van der Waals surface area contributed by atoms with Gasteiger partial charge in [0.15, 0.2) is 0 Å². The highest BCUT2D eigenvalue weighted by Gasteiger charge is 2.29. The Labute approximate surface area is 132 Å². The first-order chi connectivity index (χ1) is 10.7. The molecule has 2 aliphatic rings. The monoisotopic (exact) mass is 303 g/mol. The lowest BCUT2D eigenvalue weighted by molar-refractivity contribution is -0.141. The van der Waals surface area contributed by atoms with Gasteiger partial charge in [-0.1, -0.05) is 0 Å². The molecular formula is C17H25N3O2. The van der Waals surface area contributed by atoms with Crippen molar-refractivity contribution < 1.29 is 9.53 Å². The summed E-state index contributed by atoms with van der Waals surface area (Å²) in [5, 5.41) is 0. The van der Waals surface area contributed by atoms with Crippen molar-refractivity contribution in [3.8, 4) is 0 Å². The van der Waals surface area contributed by atoms with E-state index in [1.807, 2.05) is 0 Å². The standard InChI is InChI=1S/C17H25N3O2/c1-18-7-9-19(10-8-18)15-3-5-16(6-4-15)20-12-14(13-20)11-17(21)22-2/h3-6,14H,7-13H2,1-2H3. The van der Waals surface area contributed by atoms with E-state index in [1.54, 1.807) is 0 Å². The van der Waals surface area contributed by atoms with Crippen molar-refractivity contribution in [3.63, 3.8) is 0 Å². The highest BCUT2D eigenvalue weighted by atomic mass is 16.5. The largest absolute Gasteiger partial charge is 0.469 e. The zero-order valence-electron chi connectivity index (χ0n) is 13.5. The average Bonchev–Trinajstić information content (AvgIpc) is 2.51. The summed E-state index contributed by atoms with van der Waals surface area (Å²) in [7, 11) is 3.63. The maximum atomic E-state index is 11.3. The number of carbonyl (C=O) groups is 1.